The van der Waals surface area contributed by atoms with Crippen LogP contribution in [0.15, 0.2) is 59.7 Å². The van der Waals surface area contributed by atoms with E-state index in [1.807, 2.05) is 18.2 Å². The molecule has 31 heavy (non-hydrogen) atoms. The Labute approximate surface area is 185 Å². The first-order valence-electron chi connectivity index (χ1n) is 9.00. The summed E-state index contributed by atoms with van der Waals surface area (Å²) in [5, 5.41) is 12.6. The molecule has 0 saturated heterocycles. The molecule has 0 atom stereocenters. The highest BCUT2D eigenvalue weighted by Gasteiger charge is 2.12. The first-order valence-corrected chi connectivity index (χ1v) is 9.79. The van der Waals surface area contributed by atoms with Crippen molar-refractivity contribution < 1.29 is 4.79 Å². The van der Waals surface area contributed by atoms with E-state index in [-0.39, 0.29) is 22.2 Å². The highest BCUT2D eigenvalue weighted by molar-refractivity contribution is 7.71. The number of fused-ring (bicyclic) bond motifs is 1. The van der Waals surface area contributed by atoms with Crippen molar-refractivity contribution in [3.8, 4) is 11.9 Å². The average Bonchev–Trinajstić information content (AvgIpc) is 2.77. The summed E-state index contributed by atoms with van der Waals surface area (Å²) >= 11 is 11.3. The van der Waals surface area contributed by atoms with Gasteiger partial charge in [-0.1, -0.05) is 23.7 Å². The van der Waals surface area contributed by atoms with Gasteiger partial charge in [0.2, 0.25) is 0 Å². The summed E-state index contributed by atoms with van der Waals surface area (Å²) in [4.78, 5) is 36.5. The Kier molecular flexibility index (Phi) is 5.58. The molecule has 2 aromatic heterocycles. The Morgan fingerprint density at radius 2 is 2.06 bits per heavy atom. The zero-order chi connectivity index (χ0) is 22.0. The van der Waals surface area contributed by atoms with Crippen molar-refractivity contribution in [1.29, 1.82) is 5.26 Å². The first kappa shape index (κ1) is 20.4. The molecule has 0 fully saturated rings. The number of aromatic amines is 1. The number of halogens is 1. The maximum absolute atomic E-state index is 13.0. The number of hydrogen-bond acceptors (Lipinski definition) is 6. The summed E-state index contributed by atoms with van der Waals surface area (Å²) in [6, 6.07) is 13.7. The fourth-order valence-corrected chi connectivity index (χ4v) is 3.49. The van der Waals surface area contributed by atoms with E-state index in [1.54, 1.807) is 30.3 Å². The number of amides is 1. The SMILES string of the molecule is N#Cc1cnc(-n2c(=S)[nH]c3cc(C(=O)NCc4cccc(Cl)c4)ccc3c2=O)cn1. The van der Waals surface area contributed by atoms with Crippen LogP contribution in [0, 0.1) is 16.1 Å². The second-order valence-electron chi connectivity index (χ2n) is 6.52. The number of carbonyl (C=O) groups is 1. The van der Waals surface area contributed by atoms with Gasteiger partial charge in [-0.15, -0.1) is 0 Å². The molecule has 0 aliphatic rings. The van der Waals surface area contributed by atoms with Crippen LogP contribution in [0.2, 0.25) is 5.02 Å². The zero-order valence-electron chi connectivity index (χ0n) is 15.8. The fourth-order valence-electron chi connectivity index (χ4n) is 2.99. The minimum absolute atomic E-state index is 0.0907. The van der Waals surface area contributed by atoms with Gasteiger partial charge in [-0.3, -0.25) is 9.59 Å². The Hall–Kier alpha value is -3.87. The van der Waals surface area contributed by atoms with Crippen molar-refractivity contribution in [1.82, 2.24) is 24.8 Å². The van der Waals surface area contributed by atoms with Crippen LogP contribution in [-0.4, -0.2) is 25.4 Å². The number of hydrogen-bond donors (Lipinski definition) is 2. The Morgan fingerprint density at radius 3 is 2.77 bits per heavy atom. The van der Waals surface area contributed by atoms with Crippen LogP contribution in [0.25, 0.3) is 16.7 Å². The van der Waals surface area contributed by atoms with Gasteiger partial charge in [-0.05, 0) is 48.1 Å². The number of carbonyl (C=O) groups excluding carboxylic acids is 1. The summed E-state index contributed by atoms with van der Waals surface area (Å²) in [5.74, 6) is -0.112. The topological polar surface area (TPSA) is 116 Å². The molecule has 0 spiro atoms. The van der Waals surface area contributed by atoms with Crippen LogP contribution in [-0.2, 0) is 6.54 Å². The van der Waals surface area contributed by atoms with Crippen LogP contribution in [0.5, 0.6) is 0 Å². The van der Waals surface area contributed by atoms with Gasteiger partial charge in [-0.25, -0.2) is 14.5 Å². The summed E-state index contributed by atoms with van der Waals surface area (Å²) in [5.41, 5.74) is 1.37. The minimum Gasteiger partial charge on any atom is -0.348 e. The number of aromatic nitrogens is 4. The molecule has 4 rings (SSSR count). The number of H-pyrrole nitrogens is 1. The van der Waals surface area contributed by atoms with E-state index >= 15 is 0 Å². The number of rotatable bonds is 4. The predicted octanol–water partition coefficient (Wildman–Crippen LogP) is 3.29. The van der Waals surface area contributed by atoms with E-state index in [0.29, 0.717) is 28.0 Å². The van der Waals surface area contributed by atoms with Crippen molar-refractivity contribution in [3.05, 3.63) is 91.8 Å². The first-order chi connectivity index (χ1) is 15.0. The predicted molar refractivity (Wildman–Crippen MR) is 118 cm³/mol. The van der Waals surface area contributed by atoms with Gasteiger partial charge in [0.1, 0.15) is 6.07 Å². The van der Waals surface area contributed by atoms with Gasteiger partial charge in [0.05, 0.1) is 23.3 Å². The monoisotopic (exact) mass is 448 g/mol. The van der Waals surface area contributed by atoms with Crippen LogP contribution in [0.4, 0.5) is 0 Å². The Morgan fingerprint density at radius 1 is 1.23 bits per heavy atom. The third-order valence-electron chi connectivity index (χ3n) is 4.48. The molecule has 0 aliphatic heterocycles. The van der Waals surface area contributed by atoms with E-state index in [0.717, 1.165) is 5.56 Å². The van der Waals surface area contributed by atoms with Crippen molar-refractivity contribution >= 4 is 40.6 Å². The Bertz CT molecular complexity index is 1470. The number of benzene rings is 2. The quantitative estimate of drug-likeness (QED) is 0.463. The molecule has 1 amide bonds. The molecule has 8 nitrogen and oxygen atoms in total. The molecule has 0 bridgehead atoms. The van der Waals surface area contributed by atoms with Crippen LogP contribution in [0.3, 0.4) is 0 Å². The lowest BCUT2D eigenvalue weighted by atomic mass is 10.1. The van der Waals surface area contributed by atoms with Crippen LogP contribution < -0.4 is 10.9 Å². The van der Waals surface area contributed by atoms with E-state index in [9.17, 15) is 9.59 Å². The van der Waals surface area contributed by atoms with Gasteiger partial charge in [0.15, 0.2) is 16.3 Å². The third-order valence-corrected chi connectivity index (χ3v) is 5.00. The lowest BCUT2D eigenvalue weighted by Crippen LogP contribution is -2.24. The van der Waals surface area contributed by atoms with Crippen molar-refractivity contribution in [2.75, 3.05) is 0 Å². The normalized spacial score (nSPS) is 10.6. The molecule has 0 unspecified atom stereocenters. The van der Waals surface area contributed by atoms with E-state index in [2.05, 4.69) is 20.3 Å². The van der Waals surface area contributed by atoms with Crippen LogP contribution >= 0.6 is 23.8 Å². The molecule has 10 heteroatoms. The standard InChI is InChI=1S/C21H13ClN6O2S/c22-14-3-1-2-12(6-14)9-26-19(29)13-4-5-16-17(7-13)27-21(31)28(20(16)30)18-11-24-15(8-23)10-25-18/h1-7,10-11H,9H2,(H,26,29)(H,27,31). The molecule has 4 aromatic rings. The van der Waals surface area contributed by atoms with Crippen LogP contribution in [0.1, 0.15) is 21.6 Å². The second kappa shape index (κ2) is 8.47. The molecule has 152 valence electrons. The van der Waals surface area contributed by atoms with E-state index in [1.165, 1.54) is 17.0 Å². The van der Waals surface area contributed by atoms with Crippen molar-refractivity contribution in [2.24, 2.45) is 0 Å². The van der Waals surface area contributed by atoms with E-state index in [4.69, 9.17) is 29.1 Å². The molecular formula is C21H13ClN6O2S. The van der Waals surface area contributed by atoms with E-state index < -0.39 is 5.56 Å². The maximum Gasteiger partial charge on any atom is 0.268 e. The molecule has 0 radical (unpaired) electrons. The molecule has 2 aromatic carbocycles. The largest absolute Gasteiger partial charge is 0.348 e. The smallest absolute Gasteiger partial charge is 0.268 e. The number of nitrogens with one attached hydrogen (secondary N) is 2. The highest BCUT2D eigenvalue weighted by atomic mass is 35.5. The van der Waals surface area contributed by atoms with Crippen molar-refractivity contribution in [3.63, 3.8) is 0 Å². The zero-order valence-corrected chi connectivity index (χ0v) is 17.4. The molecule has 0 saturated carbocycles. The lowest BCUT2D eigenvalue weighted by molar-refractivity contribution is 0.0951. The Balaban J connectivity index is 1.65. The molecule has 2 N–H and O–H groups in total. The fraction of sp³-hybridized carbons (Fsp3) is 0.0476. The highest BCUT2D eigenvalue weighted by Crippen LogP contribution is 2.14. The lowest BCUT2D eigenvalue weighted by Gasteiger charge is -2.09. The summed E-state index contributed by atoms with van der Waals surface area (Å²) in [6.07, 6.45) is 2.56. The second-order valence-corrected chi connectivity index (χ2v) is 7.34. The molecular weight excluding hydrogens is 436 g/mol. The summed E-state index contributed by atoms with van der Waals surface area (Å²) < 4.78 is 1.28. The van der Waals surface area contributed by atoms with Crippen molar-refractivity contribution in [2.45, 2.75) is 6.54 Å². The molecule has 2 heterocycles. The third kappa shape index (κ3) is 4.21. The maximum atomic E-state index is 13.0. The van der Waals surface area contributed by atoms with Gasteiger partial charge >= 0.3 is 0 Å². The van der Waals surface area contributed by atoms with Gasteiger partial charge in [0.25, 0.3) is 11.5 Å². The molecule has 0 aliphatic carbocycles. The minimum atomic E-state index is -0.413. The number of nitrogens with zero attached hydrogens (tertiary/aromatic N) is 4. The van der Waals surface area contributed by atoms with Gasteiger partial charge in [-0.2, -0.15) is 5.26 Å². The van der Waals surface area contributed by atoms with Gasteiger partial charge < -0.3 is 10.3 Å². The average molecular weight is 449 g/mol. The summed E-state index contributed by atoms with van der Waals surface area (Å²) in [7, 11) is 0. The number of nitriles is 1. The summed E-state index contributed by atoms with van der Waals surface area (Å²) in [6.45, 7) is 0.312. The van der Waals surface area contributed by atoms with Gasteiger partial charge in [0, 0.05) is 17.1 Å².